The lowest BCUT2D eigenvalue weighted by Crippen LogP contribution is -1.90. The van der Waals surface area contributed by atoms with Crippen molar-refractivity contribution in [3.8, 4) is 17.0 Å². The summed E-state index contributed by atoms with van der Waals surface area (Å²) in [5.41, 5.74) is 2.78. The molecule has 0 aliphatic heterocycles. The molecule has 0 atom stereocenters. The number of aromatic nitrogens is 2. The van der Waals surface area contributed by atoms with Crippen LogP contribution in [-0.2, 0) is 5.75 Å². The maximum atomic E-state index is 6.13. The Morgan fingerprint density at radius 3 is 2.82 bits per heavy atom. The second-order valence-corrected chi connectivity index (χ2v) is 4.43. The zero-order chi connectivity index (χ0) is 12.4. The van der Waals surface area contributed by atoms with Crippen LogP contribution in [0.25, 0.3) is 11.3 Å². The number of hydrogen-bond acceptors (Lipinski definition) is 3. The van der Waals surface area contributed by atoms with Crippen LogP contribution in [-0.4, -0.2) is 17.1 Å². The SMILES string of the molecule is COc1cc(C)c(Cl)cc1-c1cnc(CS)[nH]1. The molecule has 2 aromatic rings. The van der Waals surface area contributed by atoms with Gasteiger partial charge in [0.15, 0.2) is 0 Å². The molecule has 1 aromatic carbocycles. The van der Waals surface area contributed by atoms with Crippen molar-refractivity contribution in [3.05, 3.63) is 34.7 Å². The largest absolute Gasteiger partial charge is 0.496 e. The van der Waals surface area contributed by atoms with E-state index in [0.717, 1.165) is 28.4 Å². The fourth-order valence-electron chi connectivity index (χ4n) is 1.61. The number of ether oxygens (including phenoxy) is 1. The molecule has 90 valence electrons. The molecule has 1 aromatic heterocycles. The number of aromatic amines is 1. The van der Waals surface area contributed by atoms with Gasteiger partial charge in [0.25, 0.3) is 0 Å². The van der Waals surface area contributed by atoms with Crippen LogP contribution in [0.2, 0.25) is 5.02 Å². The third-order valence-corrected chi connectivity index (χ3v) is 3.26. The van der Waals surface area contributed by atoms with Gasteiger partial charge < -0.3 is 9.72 Å². The van der Waals surface area contributed by atoms with Crippen LogP contribution in [0, 0.1) is 6.92 Å². The minimum Gasteiger partial charge on any atom is -0.496 e. The normalized spacial score (nSPS) is 10.6. The lowest BCUT2D eigenvalue weighted by atomic mass is 10.1. The number of halogens is 1. The Morgan fingerprint density at radius 1 is 1.47 bits per heavy atom. The number of benzene rings is 1. The van der Waals surface area contributed by atoms with Gasteiger partial charge in [-0.1, -0.05) is 11.6 Å². The Balaban J connectivity index is 2.53. The minimum atomic E-state index is 0.571. The number of aryl methyl sites for hydroxylation is 1. The highest BCUT2D eigenvalue weighted by molar-refractivity contribution is 7.79. The molecule has 0 spiro atoms. The maximum absolute atomic E-state index is 6.13. The summed E-state index contributed by atoms with van der Waals surface area (Å²) in [4.78, 5) is 7.38. The van der Waals surface area contributed by atoms with E-state index in [4.69, 9.17) is 16.3 Å². The molecule has 5 heteroatoms. The van der Waals surface area contributed by atoms with Gasteiger partial charge in [-0.2, -0.15) is 12.6 Å². The van der Waals surface area contributed by atoms with Gasteiger partial charge in [-0.25, -0.2) is 4.98 Å². The Morgan fingerprint density at radius 2 is 2.24 bits per heavy atom. The van der Waals surface area contributed by atoms with E-state index >= 15 is 0 Å². The number of nitrogens with zero attached hydrogens (tertiary/aromatic N) is 1. The van der Waals surface area contributed by atoms with Gasteiger partial charge in [0, 0.05) is 16.3 Å². The van der Waals surface area contributed by atoms with Crippen LogP contribution in [0.3, 0.4) is 0 Å². The average molecular weight is 269 g/mol. The molecule has 0 radical (unpaired) electrons. The van der Waals surface area contributed by atoms with Crippen LogP contribution in [0.5, 0.6) is 5.75 Å². The summed E-state index contributed by atoms with van der Waals surface area (Å²) >= 11 is 10.3. The van der Waals surface area contributed by atoms with Gasteiger partial charge in [-0.05, 0) is 24.6 Å². The van der Waals surface area contributed by atoms with Gasteiger partial charge in [0.05, 0.1) is 19.0 Å². The van der Waals surface area contributed by atoms with E-state index in [0.29, 0.717) is 10.8 Å². The van der Waals surface area contributed by atoms with Gasteiger partial charge >= 0.3 is 0 Å². The fraction of sp³-hybridized carbons (Fsp3) is 0.250. The number of methoxy groups -OCH3 is 1. The Labute approximate surface area is 111 Å². The van der Waals surface area contributed by atoms with E-state index in [-0.39, 0.29) is 0 Å². The van der Waals surface area contributed by atoms with Gasteiger partial charge in [-0.15, -0.1) is 0 Å². The molecule has 3 nitrogen and oxygen atoms in total. The molecule has 0 amide bonds. The molecule has 17 heavy (non-hydrogen) atoms. The van der Waals surface area contributed by atoms with Crippen LogP contribution in [0.15, 0.2) is 18.3 Å². The third-order valence-electron chi connectivity index (χ3n) is 2.55. The minimum absolute atomic E-state index is 0.571. The number of thiol groups is 1. The quantitative estimate of drug-likeness (QED) is 0.837. The molecule has 0 aliphatic rings. The molecule has 0 saturated carbocycles. The van der Waals surface area contributed by atoms with Crippen LogP contribution < -0.4 is 4.74 Å². The Bertz CT molecular complexity index is 539. The van der Waals surface area contributed by atoms with Crippen molar-refractivity contribution in [3.63, 3.8) is 0 Å². The summed E-state index contributed by atoms with van der Waals surface area (Å²) in [6.45, 7) is 1.95. The summed E-state index contributed by atoms with van der Waals surface area (Å²) in [5, 5.41) is 0.711. The van der Waals surface area contributed by atoms with E-state index in [1.54, 1.807) is 13.3 Å². The topological polar surface area (TPSA) is 37.9 Å². The van der Waals surface area contributed by atoms with Gasteiger partial charge in [0.2, 0.25) is 0 Å². The van der Waals surface area contributed by atoms with E-state index < -0.39 is 0 Å². The van der Waals surface area contributed by atoms with E-state index in [1.165, 1.54) is 0 Å². The van der Waals surface area contributed by atoms with E-state index in [2.05, 4.69) is 22.6 Å². The van der Waals surface area contributed by atoms with Crippen molar-refractivity contribution < 1.29 is 4.74 Å². The number of H-pyrrole nitrogens is 1. The second-order valence-electron chi connectivity index (χ2n) is 3.70. The summed E-state index contributed by atoms with van der Waals surface area (Å²) < 4.78 is 5.35. The monoisotopic (exact) mass is 268 g/mol. The highest BCUT2D eigenvalue weighted by Crippen LogP contribution is 2.33. The molecular formula is C12H13ClN2OS. The Hall–Kier alpha value is -1.13. The van der Waals surface area contributed by atoms with Crippen molar-refractivity contribution >= 4 is 24.2 Å². The van der Waals surface area contributed by atoms with Crippen molar-refractivity contribution in [2.24, 2.45) is 0 Å². The van der Waals surface area contributed by atoms with Gasteiger partial charge in [0.1, 0.15) is 11.6 Å². The lowest BCUT2D eigenvalue weighted by molar-refractivity contribution is 0.416. The molecule has 0 fully saturated rings. The predicted molar refractivity (Wildman–Crippen MR) is 73.0 cm³/mol. The highest BCUT2D eigenvalue weighted by atomic mass is 35.5. The molecule has 2 rings (SSSR count). The maximum Gasteiger partial charge on any atom is 0.128 e. The smallest absolute Gasteiger partial charge is 0.128 e. The number of imidazole rings is 1. The number of hydrogen-bond donors (Lipinski definition) is 2. The number of nitrogens with one attached hydrogen (secondary N) is 1. The first-order valence-electron chi connectivity index (χ1n) is 5.15. The summed E-state index contributed by atoms with van der Waals surface area (Å²) in [5.74, 6) is 2.17. The average Bonchev–Trinajstić information content (AvgIpc) is 2.80. The molecule has 0 unspecified atom stereocenters. The van der Waals surface area contributed by atoms with Crippen LogP contribution in [0.1, 0.15) is 11.4 Å². The molecular weight excluding hydrogens is 256 g/mol. The number of rotatable bonds is 3. The molecule has 1 N–H and O–H groups in total. The van der Waals surface area contributed by atoms with Crippen LogP contribution in [0.4, 0.5) is 0 Å². The van der Waals surface area contributed by atoms with Gasteiger partial charge in [-0.3, -0.25) is 0 Å². The van der Waals surface area contributed by atoms with Crippen LogP contribution >= 0.6 is 24.2 Å². The molecule has 0 saturated heterocycles. The zero-order valence-corrected chi connectivity index (χ0v) is 11.3. The van der Waals surface area contributed by atoms with E-state index in [9.17, 15) is 0 Å². The van der Waals surface area contributed by atoms with Crippen molar-refractivity contribution in [2.75, 3.05) is 7.11 Å². The first-order chi connectivity index (χ1) is 8.15. The summed E-state index contributed by atoms with van der Waals surface area (Å²) in [7, 11) is 1.64. The zero-order valence-electron chi connectivity index (χ0n) is 9.62. The summed E-state index contributed by atoms with van der Waals surface area (Å²) in [6, 6.07) is 3.80. The van der Waals surface area contributed by atoms with Crippen molar-refractivity contribution in [2.45, 2.75) is 12.7 Å². The third kappa shape index (κ3) is 2.42. The van der Waals surface area contributed by atoms with Crippen molar-refractivity contribution in [1.29, 1.82) is 0 Å². The first-order valence-corrected chi connectivity index (χ1v) is 6.16. The molecule has 1 heterocycles. The first kappa shape index (κ1) is 12.3. The Kier molecular flexibility index (Phi) is 3.64. The second kappa shape index (κ2) is 5.02. The summed E-state index contributed by atoms with van der Waals surface area (Å²) in [6.07, 6.45) is 1.76. The lowest BCUT2D eigenvalue weighted by Gasteiger charge is -2.09. The van der Waals surface area contributed by atoms with Crippen molar-refractivity contribution in [1.82, 2.24) is 9.97 Å². The highest BCUT2D eigenvalue weighted by Gasteiger charge is 2.11. The fourth-order valence-corrected chi connectivity index (χ4v) is 1.94. The van der Waals surface area contributed by atoms with E-state index in [1.807, 2.05) is 19.1 Å². The standard InChI is InChI=1S/C12H13ClN2OS/c1-7-3-11(16-2)8(4-9(7)13)10-5-14-12(6-17)15-10/h3-5,17H,6H2,1-2H3,(H,14,15). The predicted octanol–water partition coefficient (Wildman–Crippen LogP) is 3.48. The molecule has 0 bridgehead atoms. The molecule has 0 aliphatic carbocycles.